The van der Waals surface area contributed by atoms with E-state index in [1.807, 2.05) is 47.0 Å². The van der Waals surface area contributed by atoms with Gasteiger partial charge < -0.3 is 5.32 Å². The average molecular weight is 498 g/mol. The van der Waals surface area contributed by atoms with Crippen LogP contribution in [0, 0.1) is 0 Å². The van der Waals surface area contributed by atoms with Crippen LogP contribution in [0.2, 0.25) is 0 Å². The van der Waals surface area contributed by atoms with Gasteiger partial charge in [0.2, 0.25) is 5.91 Å². The van der Waals surface area contributed by atoms with Crippen LogP contribution in [-0.4, -0.2) is 27.1 Å². The number of thioether (sulfide) groups is 1. The van der Waals surface area contributed by atoms with Crippen molar-refractivity contribution in [2.45, 2.75) is 30.0 Å². The molecule has 1 aliphatic carbocycles. The van der Waals surface area contributed by atoms with Gasteiger partial charge in [0.25, 0.3) is 5.91 Å². The van der Waals surface area contributed by atoms with Gasteiger partial charge in [-0.05, 0) is 67.6 Å². The summed E-state index contributed by atoms with van der Waals surface area (Å²) >= 11 is 3.02. The van der Waals surface area contributed by atoms with Crippen LogP contribution < -0.4 is 5.32 Å². The second-order valence-electron chi connectivity index (χ2n) is 8.65. The molecular formula is C28H23N3O2S2. The predicted octanol–water partition coefficient (Wildman–Crippen LogP) is 6.81. The van der Waals surface area contributed by atoms with Gasteiger partial charge in [-0.15, -0.1) is 11.3 Å². The number of anilines is 1. The van der Waals surface area contributed by atoms with Crippen molar-refractivity contribution < 1.29 is 9.59 Å². The fourth-order valence-corrected chi connectivity index (χ4v) is 6.76. The summed E-state index contributed by atoms with van der Waals surface area (Å²) in [5, 5.41) is 4.16. The number of nitrogens with zero attached hydrogens (tertiary/aromatic N) is 2. The third-order valence-electron chi connectivity index (χ3n) is 6.41. The minimum Gasteiger partial charge on any atom is -0.322 e. The molecule has 0 saturated heterocycles. The van der Waals surface area contributed by atoms with E-state index in [-0.39, 0.29) is 11.8 Å². The lowest BCUT2D eigenvalue weighted by molar-refractivity contribution is 0.0942. The van der Waals surface area contributed by atoms with E-state index >= 15 is 0 Å². The standard InChI is InChI=1S/C28H23N3O2S2/c32-26(31-23-12-6-4-10-20(23)21-11-5-7-13-24(21)31)17-34-28-30-22-15-14-19(16-25(22)35-28)29-27(33)18-8-2-1-3-9-18/h1-4,6,8-10,12,14-16H,5,7,11,13,17H2,(H,29,33). The van der Waals surface area contributed by atoms with Crippen molar-refractivity contribution in [2.24, 2.45) is 0 Å². The second kappa shape index (κ2) is 9.32. The largest absolute Gasteiger partial charge is 0.322 e. The number of aromatic nitrogens is 2. The van der Waals surface area contributed by atoms with Crippen LogP contribution in [0.4, 0.5) is 5.69 Å². The molecule has 3 aromatic carbocycles. The quantitative estimate of drug-likeness (QED) is 0.271. The topological polar surface area (TPSA) is 64.0 Å². The summed E-state index contributed by atoms with van der Waals surface area (Å²) in [7, 11) is 0. The molecule has 5 aromatic rings. The third-order valence-corrected chi connectivity index (χ3v) is 8.56. The summed E-state index contributed by atoms with van der Waals surface area (Å²) in [5.74, 6) is 0.295. The van der Waals surface area contributed by atoms with Gasteiger partial charge in [0.15, 0.2) is 4.34 Å². The number of amides is 1. The Bertz CT molecular complexity index is 1570. The number of carbonyl (C=O) groups excluding carboxylic acids is 2. The van der Waals surface area contributed by atoms with Gasteiger partial charge in [0, 0.05) is 22.3 Å². The minimum absolute atomic E-state index is 0.101. The molecular weight excluding hydrogens is 474 g/mol. The molecule has 2 aromatic heterocycles. The summed E-state index contributed by atoms with van der Waals surface area (Å²) in [6, 6.07) is 23.1. The zero-order valence-electron chi connectivity index (χ0n) is 19.0. The van der Waals surface area contributed by atoms with Crippen LogP contribution >= 0.6 is 23.1 Å². The van der Waals surface area contributed by atoms with Gasteiger partial charge >= 0.3 is 0 Å². The van der Waals surface area contributed by atoms with Crippen LogP contribution in [0.5, 0.6) is 0 Å². The molecule has 0 fully saturated rings. The van der Waals surface area contributed by atoms with Crippen LogP contribution in [-0.2, 0) is 12.8 Å². The van der Waals surface area contributed by atoms with Crippen LogP contribution in [0.3, 0.4) is 0 Å². The molecule has 1 aliphatic rings. The van der Waals surface area contributed by atoms with Crippen molar-refractivity contribution >= 4 is 61.7 Å². The zero-order valence-corrected chi connectivity index (χ0v) is 20.6. The fraction of sp³-hybridized carbons (Fsp3) is 0.179. The zero-order chi connectivity index (χ0) is 23.8. The maximum atomic E-state index is 13.4. The Morgan fingerprint density at radius 1 is 0.971 bits per heavy atom. The van der Waals surface area contributed by atoms with Crippen molar-refractivity contribution in [3.8, 4) is 0 Å². The van der Waals surface area contributed by atoms with E-state index < -0.39 is 0 Å². The Hall–Kier alpha value is -3.42. The highest BCUT2D eigenvalue weighted by Gasteiger charge is 2.23. The highest BCUT2D eigenvalue weighted by Crippen LogP contribution is 2.34. The SMILES string of the molecule is O=C(Nc1ccc2nc(SCC(=O)n3c4c(c5ccccc53)CCCC4)sc2c1)c1ccccc1. The van der Waals surface area contributed by atoms with Gasteiger partial charge in [0.1, 0.15) is 0 Å². The van der Waals surface area contributed by atoms with E-state index in [4.69, 9.17) is 4.98 Å². The van der Waals surface area contributed by atoms with Gasteiger partial charge in [0.05, 0.1) is 21.5 Å². The summed E-state index contributed by atoms with van der Waals surface area (Å²) in [6.07, 6.45) is 4.32. The van der Waals surface area contributed by atoms with Crippen LogP contribution in [0.25, 0.3) is 21.1 Å². The van der Waals surface area contributed by atoms with E-state index in [1.165, 1.54) is 34.8 Å². The number of fused-ring (bicyclic) bond motifs is 4. The number of aryl methyl sites for hydroxylation is 1. The summed E-state index contributed by atoms with van der Waals surface area (Å²) in [5.41, 5.74) is 5.76. The number of hydrogen-bond donors (Lipinski definition) is 1. The van der Waals surface area contributed by atoms with E-state index in [1.54, 1.807) is 23.5 Å². The van der Waals surface area contributed by atoms with Crippen molar-refractivity contribution in [3.05, 3.63) is 89.6 Å². The third kappa shape index (κ3) is 4.26. The fourth-order valence-electron chi connectivity index (χ4n) is 4.80. The monoisotopic (exact) mass is 497 g/mol. The first kappa shape index (κ1) is 22.1. The van der Waals surface area contributed by atoms with Gasteiger partial charge in [-0.1, -0.05) is 48.2 Å². The molecule has 5 nitrogen and oxygen atoms in total. The maximum absolute atomic E-state index is 13.4. The molecule has 0 saturated carbocycles. The Kier molecular flexibility index (Phi) is 5.88. The van der Waals surface area contributed by atoms with E-state index in [9.17, 15) is 9.59 Å². The van der Waals surface area contributed by atoms with Crippen molar-refractivity contribution in [1.82, 2.24) is 9.55 Å². The number of rotatable bonds is 5. The molecule has 174 valence electrons. The highest BCUT2D eigenvalue weighted by atomic mass is 32.2. The molecule has 1 amide bonds. The first-order chi connectivity index (χ1) is 17.2. The molecule has 7 heteroatoms. The minimum atomic E-state index is -0.142. The Morgan fingerprint density at radius 3 is 2.66 bits per heavy atom. The molecule has 35 heavy (non-hydrogen) atoms. The second-order valence-corrected chi connectivity index (χ2v) is 10.9. The number of thiazole rings is 1. The lowest BCUT2D eigenvalue weighted by Crippen LogP contribution is -2.18. The normalized spacial score (nSPS) is 13.1. The lowest BCUT2D eigenvalue weighted by Gasteiger charge is -2.14. The average Bonchev–Trinajstić information content (AvgIpc) is 3.46. The van der Waals surface area contributed by atoms with E-state index in [0.29, 0.717) is 11.3 Å². The molecule has 2 heterocycles. The molecule has 0 aliphatic heterocycles. The summed E-state index contributed by atoms with van der Waals surface area (Å²) < 4.78 is 3.78. The first-order valence-electron chi connectivity index (χ1n) is 11.7. The predicted molar refractivity (Wildman–Crippen MR) is 144 cm³/mol. The molecule has 0 unspecified atom stereocenters. The number of carbonyl (C=O) groups is 2. The molecule has 0 atom stereocenters. The Labute approximate surface area is 211 Å². The van der Waals surface area contributed by atoms with E-state index in [0.717, 1.165) is 45.0 Å². The number of para-hydroxylation sites is 1. The van der Waals surface area contributed by atoms with E-state index in [2.05, 4.69) is 23.5 Å². The molecule has 0 spiro atoms. The van der Waals surface area contributed by atoms with Gasteiger partial charge in [-0.2, -0.15) is 0 Å². The summed E-state index contributed by atoms with van der Waals surface area (Å²) in [6.45, 7) is 0. The van der Waals surface area contributed by atoms with Gasteiger partial charge in [-0.25, -0.2) is 4.98 Å². The first-order valence-corrected chi connectivity index (χ1v) is 13.5. The molecule has 0 bridgehead atoms. The summed E-state index contributed by atoms with van der Waals surface area (Å²) in [4.78, 5) is 30.5. The van der Waals surface area contributed by atoms with Crippen molar-refractivity contribution in [3.63, 3.8) is 0 Å². The van der Waals surface area contributed by atoms with Crippen LogP contribution in [0.1, 0.15) is 39.3 Å². The maximum Gasteiger partial charge on any atom is 0.255 e. The van der Waals surface area contributed by atoms with Crippen LogP contribution in [0.15, 0.2) is 77.1 Å². The van der Waals surface area contributed by atoms with Gasteiger partial charge in [-0.3, -0.25) is 14.2 Å². The van der Waals surface area contributed by atoms with Crippen molar-refractivity contribution in [2.75, 3.05) is 11.1 Å². The molecule has 6 rings (SSSR count). The van der Waals surface area contributed by atoms with Crippen molar-refractivity contribution in [1.29, 1.82) is 0 Å². The number of hydrogen-bond acceptors (Lipinski definition) is 5. The Morgan fingerprint density at radius 2 is 1.77 bits per heavy atom. The molecule has 0 radical (unpaired) electrons. The number of benzene rings is 3. The highest BCUT2D eigenvalue weighted by molar-refractivity contribution is 8.01. The number of nitrogens with one attached hydrogen (secondary N) is 1. The molecule has 1 N–H and O–H groups in total. The lowest BCUT2D eigenvalue weighted by atomic mass is 9.96. The Balaban J connectivity index is 1.20. The smallest absolute Gasteiger partial charge is 0.255 e.